The molecular weight excluding hydrogens is 853 g/mol. The Bertz CT molecular complexity index is 2990. The van der Waals surface area contributed by atoms with E-state index in [1.165, 1.54) is 0 Å². The van der Waals surface area contributed by atoms with Crippen LogP contribution in [0.2, 0.25) is 0 Å². The highest BCUT2D eigenvalue weighted by Crippen LogP contribution is 2.45. The lowest BCUT2D eigenvalue weighted by Crippen LogP contribution is -2.19. The molecule has 0 aliphatic rings. The minimum absolute atomic E-state index is 0.207. The highest BCUT2D eigenvalue weighted by atomic mass is 16.3. The zero-order valence-electron chi connectivity index (χ0n) is 43.1. The Morgan fingerprint density at radius 2 is 0.643 bits per heavy atom. The number of nitrogens with zero attached hydrogens (tertiary/aromatic N) is 2. The maximum Gasteiger partial charge on any atom is 0.128 e. The van der Waals surface area contributed by atoms with Crippen LogP contribution in [0, 0.1) is 0 Å². The van der Waals surface area contributed by atoms with Crippen molar-refractivity contribution in [2.24, 2.45) is 9.98 Å². The molecule has 8 aromatic rings. The molecule has 0 amide bonds. The first-order valence-corrected chi connectivity index (χ1v) is 24.5. The summed E-state index contributed by atoms with van der Waals surface area (Å²) >= 11 is 0. The van der Waals surface area contributed by atoms with Crippen LogP contribution in [0.5, 0.6) is 11.5 Å². The van der Waals surface area contributed by atoms with Crippen LogP contribution in [-0.2, 0) is 21.7 Å². The minimum Gasteiger partial charge on any atom is -0.507 e. The standard InChI is InChI=1S/C66H68N2O2/c1-63(2,3)49-39-53(61(69)55(41-49)65(7,8)9)59(45-29-21-15-22-30-45)67-57-37-47(43-25-17-13-18-26-43)33-35-51(57)52-36-34-48(44-27-19-14-20-28-44)38-58(52)68-60(46-31-23-16-24-32-46)54-40-50(64(4,5)6)42-56(62(54)70)66(10,11)12/h13-42,69-70H,1-12H3. The molecule has 0 radical (unpaired) electrons. The van der Waals surface area contributed by atoms with Crippen molar-refractivity contribution in [1.29, 1.82) is 0 Å². The van der Waals surface area contributed by atoms with Gasteiger partial charge < -0.3 is 10.2 Å². The van der Waals surface area contributed by atoms with Crippen molar-refractivity contribution < 1.29 is 10.2 Å². The average Bonchev–Trinajstić information content (AvgIpc) is 3.32. The summed E-state index contributed by atoms with van der Waals surface area (Å²) in [4.78, 5) is 11.5. The number of phenolic OH excluding ortho intramolecular Hbond substituents is 2. The largest absolute Gasteiger partial charge is 0.507 e. The van der Waals surface area contributed by atoms with Crippen molar-refractivity contribution in [3.05, 3.63) is 226 Å². The first-order valence-electron chi connectivity index (χ1n) is 24.5. The Morgan fingerprint density at radius 3 is 0.943 bits per heavy atom. The van der Waals surface area contributed by atoms with E-state index in [0.29, 0.717) is 22.6 Å². The van der Waals surface area contributed by atoms with Gasteiger partial charge in [0.05, 0.1) is 22.8 Å². The fourth-order valence-corrected chi connectivity index (χ4v) is 8.96. The molecule has 0 spiro atoms. The third-order valence-electron chi connectivity index (χ3n) is 13.1. The summed E-state index contributed by atoms with van der Waals surface area (Å²) in [5.41, 5.74) is 14.6. The summed E-state index contributed by atoms with van der Waals surface area (Å²) in [5, 5.41) is 25.0. The van der Waals surface area contributed by atoms with E-state index in [4.69, 9.17) is 9.98 Å². The van der Waals surface area contributed by atoms with E-state index in [1.54, 1.807) is 0 Å². The van der Waals surface area contributed by atoms with Crippen molar-refractivity contribution >= 4 is 22.8 Å². The van der Waals surface area contributed by atoms with Gasteiger partial charge in [-0.2, -0.15) is 0 Å². The molecule has 0 aliphatic heterocycles. The fourth-order valence-electron chi connectivity index (χ4n) is 8.96. The number of aliphatic imine (C=N–C) groups is 2. The molecule has 0 bridgehead atoms. The summed E-state index contributed by atoms with van der Waals surface area (Å²) in [6.45, 7) is 26.2. The molecule has 0 aromatic heterocycles. The van der Waals surface area contributed by atoms with Gasteiger partial charge in [-0.25, -0.2) is 9.98 Å². The van der Waals surface area contributed by atoms with Gasteiger partial charge in [-0.1, -0.05) is 241 Å². The van der Waals surface area contributed by atoms with Crippen molar-refractivity contribution in [1.82, 2.24) is 0 Å². The van der Waals surface area contributed by atoms with E-state index in [9.17, 15) is 10.2 Å². The van der Waals surface area contributed by atoms with E-state index in [0.717, 1.165) is 78.1 Å². The Kier molecular flexibility index (Phi) is 13.5. The van der Waals surface area contributed by atoms with E-state index < -0.39 is 0 Å². The maximum absolute atomic E-state index is 12.5. The molecule has 4 nitrogen and oxygen atoms in total. The molecule has 4 heteroatoms. The monoisotopic (exact) mass is 921 g/mol. The zero-order chi connectivity index (χ0) is 50.2. The molecular formula is C66H68N2O2. The van der Waals surface area contributed by atoms with E-state index in [2.05, 4.69) is 217 Å². The molecule has 0 unspecified atom stereocenters. The van der Waals surface area contributed by atoms with Gasteiger partial charge in [0.25, 0.3) is 0 Å². The van der Waals surface area contributed by atoms with Crippen molar-refractivity contribution in [3.63, 3.8) is 0 Å². The number of hydrogen-bond donors (Lipinski definition) is 2. The predicted octanol–water partition coefficient (Wildman–Crippen LogP) is 17.6. The lowest BCUT2D eigenvalue weighted by atomic mass is 9.78. The lowest BCUT2D eigenvalue weighted by molar-refractivity contribution is 0.443. The molecule has 0 saturated carbocycles. The second-order valence-electron chi connectivity index (χ2n) is 22.7. The summed E-state index contributed by atoms with van der Waals surface area (Å²) < 4.78 is 0. The van der Waals surface area contributed by atoms with Crippen molar-refractivity contribution in [3.8, 4) is 44.9 Å². The van der Waals surface area contributed by atoms with Crippen LogP contribution >= 0.6 is 0 Å². The smallest absolute Gasteiger partial charge is 0.128 e. The summed E-state index contributed by atoms with van der Waals surface area (Å²) in [6, 6.07) is 62.7. The molecule has 0 atom stereocenters. The number of hydrogen-bond acceptors (Lipinski definition) is 4. The highest BCUT2D eigenvalue weighted by molar-refractivity contribution is 6.17. The molecule has 0 heterocycles. The topological polar surface area (TPSA) is 65.2 Å². The quantitative estimate of drug-likeness (QED) is 0.142. The number of rotatable bonds is 9. The average molecular weight is 921 g/mol. The lowest BCUT2D eigenvalue weighted by Gasteiger charge is -2.28. The molecule has 8 aromatic carbocycles. The molecule has 0 saturated heterocycles. The van der Waals surface area contributed by atoms with Crippen LogP contribution in [0.25, 0.3) is 33.4 Å². The summed E-state index contributed by atoms with van der Waals surface area (Å²) in [5.74, 6) is 0.446. The summed E-state index contributed by atoms with van der Waals surface area (Å²) in [6.07, 6.45) is 0. The van der Waals surface area contributed by atoms with Gasteiger partial charge in [-0.3, -0.25) is 0 Å². The van der Waals surface area contributed by atoms with Crippen LogP contribution in [0.1, 0.15) is 128 Å². The van der Waals surface area contributed by atoms with Gasteiger partial charge in [0.1, 0.15) is 11.5 Å². The fraction of sp³-hybridized carbons (Fsp3) is 0.242. The number of aromatic hydroxyl groups is 2. The van der Waals surface area contributed by atoms with Gasteiger partial charge in [0.15, 0.2) is 0 Å². The van der Waals surface area contributed by atoms with Crippen LogP contribution in [0.4, 0.5) is 11.4 Å². The second kappa shape index (κ2) is 19.2. The third kappa shape index (κ3) is 10.6. The van der Waals surface area contributed by atoms with Crippen LogP contribution < -0.4 is 0 Å². The first kappa shape index (κ1) is 49.1. The minimum atomic E-state index is -0.349. The predicted molar refractivity (Wildman–Crippen MR) is 297 cm³/mol. The first-order chi connectivity index (χ1) is 33.1. The van der Waals surface area contributed by atoms with Crippen LogP contribution in [0.15, 0.2) is 192 Å². The number of benzene rings is 8. The SMILES string of the molecule is CC(C)(C)c1cc(C(=Nc2cc(-c3ccccc3)ccc2-c2ccc(-c3ccccc3)cc2N=C(c2ccccc2)c2cc(C(C)(C)C)cc(C(C)(C)C)c2O)c2ccccc2)c(O)c(C(C)(C)C)c1. The highest BCUT2D eigenvalue weighted by Gasteiger charge is 2.30. The molecule has 0 aliphatic carbocycles. The van der Waals surface area contributed by atoms with Crippen LogP contribution in [-0.4, -0.2) is 21.6 Å². The Morgan fingerprint density at radius 1 is 0.329 bits per heavy atom. The van der Waals surface area contributed by atoms with E-state index >= 15 is 0 Å². The molecule has 0 fully saturated rings. The molecule has 8 rings (SSSR count). The maximum atomic E-state index is 12.5. The Balaban J connectivity index is 1.50. The molecule has 354 valence electrons. The van der Waals surface area contributed by atoms with E-state index in [1.807, 2.05) is 48.5 Å². The van der Waals surface area contributed by atoms with Crippen LogP contribution in [0.3, 0.4) is 0 Å². The molecule has 2 N–H and O–H groups in total. The third-order valence-corrected chi connectivity index (χ3v) is 13.1. The zero-order valence-corrected chi connectivity index (χ0v) is 43.1. The Hall–Kier alpha value is -7.30. The van der Waals surface area contributed by atoms with Gasteiger partial charge in [0, 0.05) is 44.5 Å². The van der Waals surface area contributed by atoms with Crippen molar-refractivity contribution in [2.75, 3.05) is 0 Å². The van der Waals surface area contributed by atoms with E-state index in [-0.39, 0.29) is 33.2 Å². The molecule has 70 heavy (non-hydrogen) atoms. The second-order valence-corrected chi connectivity index (χ2v) is 22.7. The number of phenols is 2. The summed E-state index contributed by atoms with van der Waals surface area (Å²) in [7, 11) is 0. The Labute approximate surface area is 417 Å². The van der Waals surface area contributed by atoms with Gasteiger partial charge >= 0.3 is 0 Å². The normalized spacial score (nSPS) is 12.9. The van der Waals surface area contributed by atoms with Gasteiger partial charge in [-0.15, -0.1) is 0 Å². The van der Waals surface area contributed by atoms with Gasteiger partial charge in [0.2, 0.25) is 0 Å². The van der Waals surface area contributed by atoms with Gasteiger partial charge in [-0.05, 0) is 79.3 Å². The van der Waals surface area contributed by atoms with Crippen molar-refractivity contribution in [2.45, 2.75) is 105 Å².